The number of carbonyl (C=O) groups is 1. The Hall–Kier alpha value is -3.02. The summed E-state index contributed by atoms with van der Waals surface area (Å²) in [6, 6.07) is 18.9. The highest BCUT2D eigenvalue weighted by Gasteiger charge is 2.29. The topological polar surface area (TPSA) is 61.5 Å². The molecule has 1 fully saturated rings. The molecular weight excluding hydrogens is 352 g/mol. The first-order valence-electron chi connectivity index (χ1n) is 9.91. The van der Waals surface area contributed by atoms with Crippen molar-refractivity contribution < 1.29 is 9.53 Å². The Balaban J connectivity index is 1.56. The van der Waals surface area contributed by atoms with Crippen LogP contribution in [0.3, 0.4) is 0 Å². The first-order valence-corrected chi connectivity index (χ1v) is 9.91. The lowest BCUT2D eigenvalue weighted by molar-refractivity contribution is 0.0967. The molecule has 0 bridgehead atoms. The van der Waals surface area contributed by atoms with Gasteiger partial charge in [0.25, 0.3) is 0 Å². The van der Waals surface area contributed by atoms with Gasteiger partial charge in [-0.15, -0.1) is 0 Å². The maximum Gasteiger partial charge on any atom is 0.409 e. The third-order valence-corrected chi connectivity index (χ3v) is 5.28. The number of nitrogens with zero attached hydrogens (tertiary/aromatic N) is 3. The highest BCUT2D eigenvalue weighted by molar-refractivity contribution is 5.77. The van der Waals surface area contributed by atoms with Gasteiger partial charge in [-0.3, -0.25) is 0 Å². The van der Waals surface area contributed by atoms with Crippen molar-refractivity contribution in [3.05, 3.63) is 60.2 Å². The van der Waals surface area contributed by atoms with Gasteiger partial charge in [-0.25, -0.2) is 9.78 Å². The minimum atomic E-state index is -0.209. The largest absolute Gasteiger partial charge is 0.450 e. The fourth-order valence-corrected chi connectivity index (χ4v) is 3.81. The van der Waals surface area contributed by atoms with Gasteiger partial charge in [-0.05, 0) is 37.5 Å². The Morgan fingerprint density at radius 1 is 1.14 bits per heavy atom. The van der Waals surface area contributed by atoms with Crippen LogP contribution in [0.2, 0.25) is 0 Å². The minimum Gasteiger partial charge on any atom is -0.450 e. The number of carbonyl (C=O) groups excluding carboxylic acids is 1. The van der Waals surface area contributed by atoms with E-state index in [1.165, 1.54) is 5.56 Å². The van der Waals surface area contributed by atoms with Crippen LogP contribution in [0.4, 0.5) is 10.7 Å². The summed E-state index contributed by atoms with van der Waals surface area (Å²) in [5.74, 6) is 0.889. The summed E-state index contributed by atoms with van der Waals surface area (Å²) in [6.45, 7) is 4.44. The normalized spacial score (nSPS) is 15.0. The number of rotatable bonds is 5. The second-order valence-electron chi connectivity index (χ2n) is 7.11. The molecule has 0 spiro atoms. The molecule has 2 heterocycles. The number of amides is 1. The number of aromatic nitrogens is 2. The number of para-hydroxylation sites is 2. The summed E-state index contributed by atoms with van der Waals surface area (Å²) in [6.07, 6.45) is 1.57. The quantitative estimate of drug-likeness (QED) is 0.723. The number of likely N-dealkylation sites (tertiary alicyclic amines) is 1. The van der Waals surface area contributed by atoms with E-state index in [-0.39, 0.29) is 6.09 Å². The maximum atomic E-state index is 12.0. The third-order valence-electron chi connectivity index (χ3n) is 5.28. The van der Waals surface area contributed by atoms with Crippen molar-refractivity contribution in [1.29, 1.82) is 0 Å². The number of hydrogen-bond acceptors (Lipinski definition) is 4. The van der Waals surface area contributed by atoms with Crippen LogP contribution < -0.4 is 4.90 Å². The number of hydrogen-bond donors (Lipinski definition) is 1. The lowest BCUT2D eigenvalue weighted by atomic mass is 10.0. The molecule has 0 atom stereocenters. The van der Waals surface area contributed by atoms with Crippen LogP contribution in [0.5, 0.6) is 0 Å². The molecule has 2 aromatic carbocycles. The lowest BCUT2D eigenvalue weighted by Crippen LogP contribution is -2.47. The Labute approximate surface area is 165 Å². The molecule has 1 aliphatic rings. The number of aromatic amines is 1. The monoisotopic (exact) mass is 378 g/mol. The van der Waals surface area contributed by atoms with Crippen LogP contribution in [-0.2, 0) is 11.3 Å². The predicted octanol–water partition coefficient (Wildman–Crippen LogP) is 4.19. The molecule has 0 unspecified atom stereocenters. The van der Waals surface area contributed by atoms with Crippen LogP contribution in [0.25, 0.3) is 11.0 Å². The summed E-state index contributed by atoms with van der Waals surface area (Å²) in [5, 5.41) is 0. The second-order valence-corrected chi connectivity index (χ2v) is 7.11. The molecule has 0 aliphatic carbocycles. The molecule has 146 valence electrons. The van der Waals surface area contributed by atoms with Crippen LogP contribution in [0.15, 0.2) is 54.6 Å². The number of anilines is 1. The first-order chi connectivity index (χ1) is 13.7. The molecule has 1 aromatic heterocycles. The second kappa shape index (κ2) is 8.33. The van der Waals surface area contributed by atoms with Gasteiger partial charge < -0.3 is 19.5 Å². The smallest absolute Gasteiger partial charge is 0.409 e. The highest BCUT2D eigenvalue weighted by Crippen LogP contribution is 2.26. The van der Waals surface area contributed by atoms with E-state index in [4.69, 9.17) is 9.72 Å². The number of imidazole rings is 1. The number of nitrogens with one attached hydrogen (secondary N) is 1. The number of ether oxygens (including phenoxy) is 1. The van der Waals surface area contributed by atoms with Crippen molar-refractivity contribution in [1.82, 2.24) is 14.9 Å². The van der Waals surface area contributed by atoms with E-state index >= 15 is 0 Å². The van der Waals surface area contributed by atoms with E-state index < -0.39 is 0 Å². The van der Waals surface area contributed by atoms with Crippen LogP contribution >= 0.6 is 0 Å². The summed E-state index contributed by atoms with van der Waals surface area (Å²) < 4.78 is 5.15. The molecular formula is C22H26N4O2. The van der Waals surface area contributed by atoms with Crippen molar-refractivity contribution in [2.45, 2.75) is 32.4 Å². The average Bonchev–Trinajstić information content (AvgIpc) is 3.17. The zero-order valence-electron chi connectivity index (χ0n) is 16.2. The van der Waals surface area contributed by atoms with Gasteiger partial charge >= 0.3 is 6.09 Å². The van der Waals surface area contributed by atoms with Crippen molar-refractivity contribution in [2.24, 2.45) is 0 Å². The highest BCUT2D eigenvalue weighted by atomic mass is 16.6. The van der Waals surface area contributed by atoms with E-state index in [2.05, 4.69) is 40.2 Å². The number of fused-ring (bicyclic) bond motifs is 1. The summed E-state index contributed by atoms with van der Waals surface area (Å²) in [4.78, 5) is 24.5. The summed E-state index contributed by atoms with van der Waals surface area (Å²) in [5.41, 5.74) is 3.26. The number of piperidine rings is 1. The first kappa shape index (κ1) is 18.3. The molecule has 1 saturated heterocycles. The SMILES string of the molecule is CCOC(=O)N1CCC(N(Cc2ccccc2)c2nc3ccccc3[nH]2)CC1. The van der Waals surface area contributed by atoms with E-state index in [0.29, 0.717) is 25.7 Å². The molecule has 0 saturated carbocycles. The molecule has 6 nitrogen and oxygen atoms in total. The Bertz CT molecular complexity index is 883. The van der Waals surface area contributed by atoms with Gasteiger partial charge in [-0.1, -0.05) is 42.5 Å². The lowest BCUT2D eigenvalue weighted by Gasteiger charge is -2.38. The number of H-pyrrole nitrogens is 1. The van der Waals surface area contributed by atoms with E-state index in [9.17, 15) is 4.79 Å². The van der Waals surface area contributed by atoms with Crippen molar-refractivity contribution in [2.75, 3.05) is 24.6 Å². The van der Waals surface area contributed by atoms with Crippen LogP contribution in [-0.4, -0.2) is 46.7 Å². The van der Waals surface area contributed by atoms with Gasteiger partial charge in [-0.2, -0.15) is 0 Å². The van der Waals surface area contributed by atoms with E-state index in [0.717, 1.165) is 36.4 Å². The zero-order chi connectivity index (χ0) is 19.3. The maximum absolute atomic E-state index is 12.0. The van der Waals surface area contributed by atoms with Gasteiger partial charge in [0, 0.05) is 25.7 Å². The van der Waals surface area contributed by atoms with Gasteiger partial charge in [0.2, 0.25) is 5.95 Å². The Morgan fingerprint density at radius 3 is 2.57 bits per heavy atom. The molecule has 0 radical (unpaired) electrons. The Kier molecular flexibility index (Phi) is 5.46. The molecule has 1 N–H and O–H groups in total. The van der Waals surface area contributed by atoms with Gasteiger partial charge in [0.15, 0.2) is 0 Å². The van der Waals surface area contributed by atoms with Gasteiger partial charge in [0.1, 0.15) is 0 Å². The molecule has 6 heteroatoms. The van der Waals surface area contributed by atoms with E-state index in [1.807, 2.05) is 31.2 Å². The molecule has 1 aliphatic heterocycles. The summed E-state index contributed by atoms with van der Waals surface area (Å²) >= 11 is 0. The average molecular weight is 378 g/mol. The minimum absolute atomic E-state index is 0.209. The number of benzene rings is 2. The molecule has 1 amide bonds. The van der Waals surface area contributed by atoms with Crippen molar-refractivity contribution in [3.63, 3.8) is 0 Å². The predicted molar refractivity (Wildman–Crippen MR) is 110 cm³/mol. The van der Waals surface area contributed by atoms with Gasteiger partial charge in [0.05, 0.1) is 17.6 Å². The fourth-order valence-electron chi connectivity index (χ4n) is 3.81. The third kappa shape index (κ3) is 3.96. The standard InChI is InChI=1S/C22H26N4O2/c1-2-28-22(27)25-14-12-18(13-15-25)26(16-17-8-4-3-5-9-17)21-23-19-10-6-7-11-20(19)24-21/h3-11,18H,2,12-16H2,1H3,(H,23,24). The van der Waals surface area contributed by atoms with Crippen LogP contribution in [0, 0.1) is 0 Å². The zero-order valence-corrected chi connectivity index (χ0v) is 16.2. The van der Waals surface area contributed by atoms with E-state index in [1.54, 1.807) is 4.90 Å². The molecule has 4 rings (SSSR count). The Morgan fingerprint density at radius 2 is 1.86 bits per heavy atom. The molecule has 3 aromatic rings. The summed E-state index contributed by atoms with van der Waals surface area (Å²) in [7, 11) is 0. The van der Waals surface area contributed by atoms with Crippen LogP contribution in [0.1, 0.15) is 25.3 Å². The fraction of sp³-hybridized carbons (Fsp3) is 0.364. The van der Waals surface area contributed by atoms with Crippen molar-refractivity contribution >= 4 is 23.1 Å². The van der Waals surface area contributed by atoms with Crippen molar-refractivity contribution in [3.8, 4) is 0 Å². The molecule has 28 heavy (non-hydrogen) atoms.